The molecule has 218 valence electrons. The quantitative estimate of drug-likeness (QED) is 0.537. The summed E-state index contributed by atoms with van der Waals surface area (Å²) >= 11 is 1.33. The molecule has 41 heavy (non-hydrogen) atoms. The fraction of sp³-hybridized carbons (Fsp3) is 0.500. The number of hydrogen-bond acceptors (Lipinski definition) is 7. The zero-order valence-electron chi connectivity index (χ0n) is 23.6. The van der Waals surface area contributed by atoms with E-state index in [2.05, 4.69) is 5.32 Å². The van der Waals surface area contributed by atoms with Gasteiger partial charge in [-0.1, -0.05) is 55.5 Å². The van der Waals surface area contributed by atoms with Gasteiger partial charge in [-0.15, -0.1) is 0 Å². The van der Waals surface area contributed by atoms with Gasteiger partial charge < -0.3 is 24.8 Å². The molecule has 1 aromatic heterocycles. The van der Waals surface area contributed by atoms with Gasteiger partial charge in [0.1, 0.15) is 18.1 Å². The van der Waals surface area contributed by atoms with Crippen molar-refractivity contribution in [3.8, 4) is 15.5 Å². The predicted octanol–water partition coefficient (Wildman–Crippen LogP) is 3.31. The summed E-state index contributed by atoms with van der Waals surface area (Å²) in [4.78, 5) is 70.9. The highest BCUT2D eigenvalue weighted by Gasteiger charge is 2.53. The summed E-state index contributed by atoms with van der Waals surface area (Å²) < 4.78 is 5.53. The van der Waals surface area contributed by atoms with E-state index in [1.165, 1.54) is 23.2 Å². The number of amides is 4. The van der Waals surface area contributed by atoms with Crippen molar-refractivity contribution in [2.45, 2.75) is 70.6 Å². The highest BCUT2D eigenvalue weighted by molar-refractivity contribution is 7.17. The van der Waals surface area contributed by atoms with Gasteiger partial charge in [-0.3, -0.25) is 19.2 Å². The smallest absolute Gasteiger partial charge is 0.399 e. The van der Waals surface area contributed by atoms with E-state index in [4.69, 9.17) is 4.74 Å². The van der Waals surface area contributed by atoms with Crippen molar-refractivity contribution in [1.29, 1.82) is 0 Å². The Kier molecular flexibility index (Phi) is 8.44. The largest absolute Gasteiger partial charge is 0.414 e. The lowest BCUT2D eigenvalue weighted by molar-refractivity contribution is -0.143. The number of carbonyl (C=O) groups excluding carboxylic acids is 5. The molecule has 3 aliphatic rings. The number of ether oxygens (including phenoxy) is 1. The maximum Gasteiger partial charge on any atom is 0.414 e. The lowest BCUT2D eigenvalue weighted by Crippen LogP contribution is -2.53. The summed E-state index contributed by atoms with van der Waals surface area (Å²) in [5, 5.41) is 3.14. The SMILES string of the molecule is CC(=O)N1CCCC1C(=O)N1CC(=O)C2C1CCN2C(=O)C(CC(C)C)NC(=O)Oc1ccc(-c2ccccc2)s1. The molecule has 0 bridgehead atoms. The van der Waals surface area contributed by atoms with E-state index in [1.807, 2.05) is 50.2 Å². The predicted molar refractivity (Wildman–Crippen MR) is 153 cm³/mol. The van der Waals surface area contributed by atoms with Crippen LogP contribution in [-0.4, -0.2) is 88.1 Å². The molecule has 0 saturated carbocycles. The first kappa shape index (κ1) is 28.8. The van der Waals surface area contributed by atoms with Gasteiger partial charge in [-0.25, -0.2) is 4.79 Å². The molecule has 1 N–H and O–H groups in total. The fourth-order valence-electron chi connectivity index (χ4n) is 6.24. The molecule has 2 aromatic rings. The minimum absolute atomic E-state index is 0.0768. The Balaban J connectivity index is 1.25. The van der Waals surface area contributed by atoms with Crippen LogP contribution >= 0.6 is 11.3 Å². The Morgan fingerprint density at radius 2 is 1.76 bits per heavy atom. The zero-order chi connectivity index (χ0) is 29.3. The van der Waals surface area contributed by atoms with E-state index < -0.39 is 30.3 Å². The highest BCUT2D eigenvalue weighted by Crippen LogP contribution is 2.34. The van der Waals surface area contributed by atoms with Crippen molar-refractivity contribution >= 4 is 40.9 Å². The first-order valence-electron chi connectivity index (χ1n) is 14.2. The van der Waals surface area contributed by atoms with Crippen LogP contribution in [0.25, 0.3) is 10.4 Å². The third kappa shape index (κ3) is 6.00. The second-order valence-electron chi connectivity index (χ2n) is 11.3. The number of nitrogens with one attached hydrogen (secondary N) is 1. The van der Waals surface area contributed by atoms with Gasteiger partial charge in [-0.05, 0) is 49.3 Å². The molecular weight excluding hydrogens is 544 g/mol. The van der Waals surface area contributed by atoms with Gasteiger partial charge in [0.15, 0.2) is 10.8 Å². The number of likely N-dealkylation sites (tertiary alicyclic amines) is 3. The molecule has 4 heterocycles. The van der Waals surface area contributed by atoms with E-state index in [1.54, 1.807) is 15.9 Å². The molecular formula is C30H36N4O6S. The second-order valence-corrected chi connectivity index (χ2v) is 12.4. The Hall–Kier alpha value is -3.73. The number of Topliss-reactive ketones (excluding diaryl/α,β-unsaturated/α-hetero) is 1. The zero-order valence-corrected chi connectivity index (χ0v) is 24.4. The number of nitrogens with zero attached hydrogens (tertiary/aromatic N) is 3. The highest BCUT2D eigenvalue weighted by atomic mass is 32.1. The third-order valence-electron chi connectivity index (χ3n) is 8.06. The van der Waals surface area contributed by atoms with Gasteiger partial charge in [0, 0.05) is 24.9 Å². The summed E-state index contributed by atoms with van der Waals surface area (Å²) in [6.45, 7) is 6.12. The van der Waals surface area contributed by atoms with E-state index in [0.29, 0.717) is 37.4 Å². The summed E-state index contributed by atoms with van der Waals surface area (Å²) in [5.74, 6) is -0.836. The Morgan fingerprint density at radius 3 is 2.46 bits per heavy atom. The number of carbonyl (C=O) groups is 5. The molecule has 4 amide bonds. The first-order chi connectivity index (χ1) is 19.6. The van der Waals surface area contributed by atoms with Crippen molar-refractivity contribution in [3.05, 3.63) is 42.5 Å². The number of benzene rings is 1. The lowest BCUT2D eigenvalue weighted by Gasteiger charge is -2.30. The Morgan fingerprint density at radius 1 is 1.00 bits per heavy atom. The maximum atomic E-state index is 13.8. The number of hydrogen-bond donors (Lipinski definition) is 1. The van der Waals surface area contributed by atoms with Crippen LogP contribution < -0.4 is 10.1 Å². The summed E-state index contributed by atoms with van der Waals surface area (Å²) in [6.07, 6.45) is 1.42. The summed E-state index contributed by atoms with van der Waals surface area (Å²) in [5.41, 5.74) is 1.01. The molecule has 0 aliphatic carbocycles. The molecule has 1 aromatic carbocycles. The molecule has 11 heteroatoms. The van der Waals surface area contributed by atoms with E-state index in [-0.39, 0.29) is 36.0 Å². The van der Waals surface area contributed by atoms with Gasteiger partial charge in [-0.2, -0.15) is 0 Å². The van der Waals surface area contributed by atoms with Crippen LogP contribution in [-0.2, 0) is 19.2 Å². The number of rotatable bonds is 7. The lowest BCUT2D eigenvalue weighted by atomic mass is 10.0. The maximum absolute atomic E-state index is 13.8. The summed E-state index contributed by atoms with van der Waals surface area (Å²) in [6, 6.07) is 10.7. The second kappa shape index (κ2) is 12.0. The van der Waals surface area contributed by atoms with E-state index in [9.17, 15) is 24.0 Å². The minimum atomic E-state index is -0.879. The van der Waals surface area contributed by atoms with Gasteiger partial charge >= 0.3 is 6.09 Å². The Labute approximate surface area is 243 Å². The average Bonchev–Trinajstić information content (AvgIpc) is 3.73. The monoisotopic (exact) mass is 580 g/mol. The van der Waals surface area contributed by atoms with Crippen LogP contribution in [0.2, 0.25) is 0 Å². The molecule has 5 rings (SSSR count). The first-order valence-corrected chi connectivity index (χ1v) is 15.0. The van der Waals surface area contributed by atoms with Crippen LogP contribution in [0.3, 0.4) is 0 Å². The van der Waals surface area contributed by atoms with Crippen molar-refractivity contribution in [3.63, 3.8) is 0 Å². The summed E-state index contributed by atoms with van der Waals surface area (Å²) in [7, 11) is 0. The molecule has 0 spiro atoms. The molecule has 10 nitrogen and oxygen atoms in total. The van der Waals surface area contributed by atoms with Crippen LogP contribution in [0.1, 0.15) is 46.5 Å². The van der Waals surface area contributed by atoms with Crippen molar-refractivity contribution in [1.82, 2.24) is 20.0 Å². The van der Waals surface area contributed by atoms with Crippen LogP contribution in [0.4, 0.5) is 4.79 Å². The molecule has 3 aliphatic heterocycles. The molecule has 4 unspecified atom stereocenters. The van der Waals surface area contributed by atoms with E-state index >= 15 is 0 Å². The molecule has 0 radical (unpaired) electrons. The van der Waals surface area contributed by atoms with Gasteiger partial charge in [0.05, 0.1) is 12.6 Å². The van der Waals surface area contributed by atoms with Crippen LogP contribution in [0.15, 0.2) is 42.5 Å². The topological polar surface area (TPSA) is 116 Å². The standard InChI is InChI=1S/C30H36N4O6S/c1-18(2)16-21(31-30(39)40-26-12-11-25(41-26)20-8-5-4-6-9-20)28(37)33-15-13-22-27(33)24(36)17-34(22)29(38)23-10-7-14-32(23)19(3)35/h4-6,8-9,11-12,18,21-23,27H,7,10,13-17H2,1-3H3,(H,31,39). The molecule has 3 fully saturated rings. The Bertz CT molecular complexity index is 1330. The van der Waals surface area contributed by atoms with Crippen LogP contribution in [0, 0.1) is 5.92 Å². The van der Waals surface area contributed by atoms with Gasteiger partial charge in [0.25, 0.3) is 0 Å². The third-order valence-corrected chi connectivity index (χ3v) is 9.07. The van der Waals surface area contributed by atoms with Gasteiger partial charge in [0.2, 0.25) is 17.7 Å². The van der Waals surface area contributed by atoms with E-state index in [0.717, 1.165) is 16.9 Å². The normalized spacial score (nSPS) is 22.7. The minimum Gasteiger partial charge on any atom is -0.399 e. The van der Waals surface area contributed by atoms with Crippen molar-refractivity contribution in [2.24, 2.45) is 5.92 Å². The van der Waals surface area contributed by atoms with Crippen LogP contribution in [0.5, 0.6) is 5.06 Å². The fourth-order valence-corrected chi connectivity index (χ4v) is 7.10. The molecule has 3 saturated heterocycles. The molecule has 4 atom stereocenters. The van der Waals surface area contributed by atoms with Crippen molar-refractivity contribution < 1.29 is 28.7 Å². The number of ketones is 1. The van der Waals surface area contributed by atoms with Crippen molar-refractivity contribution in [2.75, 3.05) is 19.6 Å². The number of fused-ring (bicyclic) bond motifs is 1. The average molecular weight is 581 g/mol. The number of thiophene rings is 1.